The molecule has 0 radical (unpaired) electrons. The zero-order valence-corrected chi connectivity index (χ0v) is 30.2. The minimum absolute atomic E-state index is 0. The van der Waals surface area contributed by atoms with Gasteiger partial charge in [0.15, 0.2) is 0 Å². The average Bonchev–Trinajstić information content (AvgIpc) is 3.81. The average molecular weight is 743 g/mol. The van der Waals surface area contributed by atoms with E-state index in [1.807, 2.05) is 24.3 Å². The molecule has 4 heteroatoms. The third-order valence-electron chi connectivity index (χ3n) is 8.28. The Bertz CT molecular complexity index is 2360. The van der Waals surface area contributed by atoms with Crippen molar-refractivity contribution in [3.63, 3.8) is 0 Å². The minimum atomic E-state index is 0. The third-order valence-corrected chi connectivity index (χ3v) is 9.90. The van der Waals surface area contributed by atoms with Gasteiger partial charge in [-0.05, 0) is 10.8 Å². The molecule has 0 saturated heterocycles. The zero-order valence-electron chi connectivity index (χ0n) is 25.4. The molecule has 0 amide bonds. The van der Waals surface area contributed by atoms with Gasteiger partial charge in [0.05, 0.1) is 0 Å². The second-order valence-electron chi connectivity index (χ2n) is 11.0. The summed E-state index contributed by atoms with van der Waals surface area (Å²) in [6.07, 6.45) is 10.0. The molecule has 0 aliphatic heterocycles. The van der Waals surface area contributed by atoms with Gasteiger partial charge in [0.25, 0.3) is 0 Å². The Kier molecular flexibility index (Phi) is 11.7. The van der Waals surface area contributed by atoms with Gasteiger partial charge < -0.3 is 24.8 Å². The predicted molar refractivity (Wildman–Crippen MR) is 192 cm³/mol. The molecule has 0 N–H and O–H groups in total. The normalized spacial score (nSPS) is 11.5. The second-order valence-corrected chi connectivity index (χ2v) is 12.7. The van der Waals surface area contributed by atoms with Crippen LogP contribution in [0.3, 0.4) is 0 Å². The van der Waals surface area contributed by atoms with Gasteiger partial charge in [-0.1, -0.05) is 77.5 Å². The van der Waals surface area contributed by atoms with Crippen molar-refractivity contribution in [1.82, 2.24) is 0 Å². The van der Waals surface area contributed by atoms with E-state index in [2.05, 4.69) is 146 Å². The summed E-state index contributed by atoms with van der Waals surface area (Å²) < 4.78 is 1.36. The van der Waals surface area contributed by atoms with Crippen LogP contribution in [0.25, 0.3) is 53.9 Å². The molecule has 0 unspecified atom stereocenters. The Morgan fingerprint density at radius 2 is 1.17 bits per heavy atom. The van der Waals surface area contributed by atoms with Crippen molar-refractivity contribution in [3.05, 3.63) is 186 Å². The molecule has 0 bridgehead atoms. The van der Waals surface area contributed by atoms with Crippen molar-refractivity contribution in [2.24, 2.45) is 0 Å². The Morgan fingerprint density at radius 3 is 1.83 bits per heavy atom. The smallest absolute Gasteiger partial charge is 0.0255 e. The Morgan fingerprint density at radius 1 is 0.596 bits per heavy atom. The SMILES string of the molecule is Clc1ccc([C](=[Zr+2])c2cccc3ccccc23)cc1.[C-]1=CC=CC1.[Cl-].[Cl-].c1ccc2c(c1)[cH-]c1c3ccccc3c3ccccc3c21. The van der Waals surface area contributed by atoms with Crippen LogP contribution in [-0.2, 0) is 24.2 Å². The van der Waals surface area contributed by atoms with E-state index in [4.69, 9.17) is 11.6 Å². The topological polar surface area (TPSA) is 0 Å². The molecule has 0 saturated carbocycles. The molecule has 0 aromatic heterocycles. The van der Waals surface area contributed by atoms with E-state index in [0.29, 0.717) is 0 Å². The van der Waals surface area contributed by atoms with Gasteiger partial charge >= 0.3 is 133 Å². The zero-order chi connectivity index (χ0) is 30.6. The molecule has 47 heavy (non-hydrogen) atoms. The Labute approximate surface area is 307 Å². The van der Waals surface area contributed by atoms with Crippen LogP contribution >= 0.6 is 11.6 Å². The molecule has 228 valence electrons. The van der Waals surface area contributed by atoms with Gasteiger partial charge in [0.2, 0.25) is 0 Å². The predicted octanol–water partition coefficient (Wildman–Crippen LogP) is 5.94. The molecule has 8 aromatic carbocycles. The van der Waals surface area contributed by atoms with Gasteiger partial charge in [-0.3, -0.25) is 6.08 Å². The summed E-state index contributed by atoms with van der Waals surface area (Å²) in [4.78, 5) is 0. The van der Waals surface area contributed by atoms with Gasteiger partial charge in [0, 0.05) is 0 Å². The van der Waals surface area contributed by atoms with Crippen LogP contribution < -0.4 is 24.8 Å². The van der Waals surface area contributed by atoms with Crippen molar-refractivity contribution in [2.75, 3.05) is 0 Å². The first-order chi connectivity index (χ1) is 22.2. The van der Waals surface area contributed by atoms with E-state index in [9.17, 15) is 0 Å². The fourth-order valence-corrected chi connectivity index (χ4v) is 7.24. The molecule has 1 aliphatic carbocycles. The van der Waals surface area contributed by atoms with Crippen LogP contribution in [0.15, 0.2) is 164 Å². The first-order valence-corrected chi connectivity index (χ1v) is 16.7. The minimum Gasteiger partial charge on any atom is -1.00 e. The Balaban J connectivity index is 0.000000156. The van der Waals surface area contributed by atoms with Crippen LogP contribution in [0.2, 0.25) is 5.02 Å². The summed E-state index contributed by atoms with van der Waals surface area (Å²) in [5.41, 5.74) is 2.57. The summed E-state index contributed by atoms with van der Waals surface area (Å²) in [5, 5.41) is 14.2. The van der Waals surface area contributed by atoms with Crippen LogP contribution in [0.4, 0.5) is 0 Å². The van der Waals surface area contributed by atoms with Crippen LogP contribution in [0.1, 0.15) is 17.5 Å². The molecule has 0 atom stereocenters. The summed E-state index contributed by atoms with van der Waals surface area (Å²) in [5.74, 6) is 0. The standard InChI is InChI=1S/C21H13.C17H11Cl.C5H5.2ClH.Zr/c1-2-8-15-14(7-1)13-20-18-11-4-3-9-16(18)17-10-5-6-12-19(17)21(15)20;18-16-10-8-13(9-11-16)12-15-6-3-5-14-4-1-2-7-17(14)15;1-2-4-5-3-1;;;/h1-13H;1-11H;1-3H,4H2;2*1H;/q-1;;-1;;;+2/p-2. The van der Waals surface area contributed by atoms with Crippen molar-refractivity contribution in [3.8, 4) is 0 Å². The number of allylic oxidation sites excluding steroid dienone is 4. The monoisotopic (exact) mass is 740 g/mol. The molecular formula is C43H29Cl3Zr-2. The van der Waals surface area contributed by atoms with Crippen molar-refractivity contribution in [1.29, 1.82) is 0 Å². The summed E-state index contributed by atoms with van der Waals surface area (Å²) in [6, 6.07) is 51.6. The summed E-state index contributed by atoms with van der Waals surface area (Å²) in [6.45, 7) is 0. The first-order valence-electron chi connectivity index (χ1n) is 15.1. The maximum atomic E-state index is 5.96. The number of rotatable bonds is 2. The summed E-state index contributed by atoms with van der Waals surface area (Å²) >= 11 is 7.37. The van der Waals surface area contributed by atoms with Crippen molar-refractivity contribution < 1.29 is 49.0 Å². The van der Waals surface area contributed by atoms with E-state index in [-0.39, 0.29) is 24.8 Å². The van der Waals surface area contributed by atoms with Crippen LogP contribution in [0.5, 0.6) is 0 Å². The number of fused-ring (bicyclic) bond motifs is 9. The maximum Gasteiger partial charge on any atom is -0.0255 e. The second kappa shape index (κ2) is 15.9. The van der Waals surface area contributed by atoms with Crippen molar-refractivity contribution in [2.45, 2.75) is 6.42 Å². The van der Waals surface area contributed by atoms with Crippen LogP contribution in [-0.4, -0.2) is 3.21 Å². The fraction of sp³-hybridized carbons (Fsp3) is 0.0233. The van der Waals surface area contributed by atoms with Gasteiger partial charge in [0.1, 0.15) is 0 Å². The van der Waals surface area contributed by atoms with Crippen LogP contribution in [0, 0.1) is 6.08 Å². The molecule has 9 rings (SSSR count). The fourth-order valence-electron chi connectivity index (χ4n) is 6.17. The van der Waals surface area contributed by atoms with E-state index in [0.717, 1.165) is 11.4 Å². The van der Waals surface area contributed by atoms with E-state index in [1.165, 1.54) is 92.4 Å². The number of halogens is 3. The van der Waals surface area contributed by atoms with Gasteiger partial charge in [-0.25, -0.2) is 12.2 Å². The quantitative estimate of drug-likeness (QED) is 0.152. The number of hydrogen-bond donors (Lipinski definition) is 0. The van der Waals surface area contributed by atoms with Crippen molar-refractivity contribution >= 4 is 68.7 Å². The van der Waals surface area contributed by atoms with Gasteiger partial charge in [-0.15, -0.1) is 40.1 Å². The molecule has 1 aliphatic rings. The summed E-state index contributed by atoms with van der Waals surface area (Å²) in [7, 11) is 0. The van der Waals surface area contributed by atoms with E-state index >= 15 is 0 Å². The maximum absolute atomic E-state index is 5.96. The molecule has 0 heterocycles. The van der Waals surface area contributed by atoms with E-state index < -0.39 is 0 Å². The molecule has 0 spiro atoms. The molecule has 8 aromatic rings. The third kappa shape index (κ3) is 7.25. The first kappa shape index (κ1) is 34.6. The van der Waals surface area contributed by atoms with Gasteiger partial charge in [-0.2, -0.15) is 6.08 Å². The largest absolute Gasteiger partial charge is 1.00 e. The Hall–Kier alpha value is -3.71. The number of hydrogen-bond acceptors (Lipinski definition) is 0. The molecule has 0 nitrogen and oxygen atoms in total. The van der Waals surface area contributed by atoms with E-state index in [1.54, 1.807) is 0 Å². The molecule has 0 fully saturated rings. The number of benzene rings is 7. The molecular weight excluding hydrogens is 714 g/mol.